The summed E-state index contributed by atoms with van der Waals surface area (Å²) >= 11 is 0. The molecule has 2 aromatic heterocycles. The largest absolute Gasteiger partial charge is 0.469 e. The second kappa shape index (κ2) is 6.86. The Morgan fingerprint density at radius 3 is 2.58 bits per heavy atom. The average Bonchev–Trinajstić information content (AvgIpc) is 3.01. The fraction of sp³-hybridized carbons (Fsp3) is 0.389. The highest BCUT2D eigenvalue weighted by molar-refractivity contribution is 5.95. The number of likely N-dealkylation sites (tertiary alicyclic amines) is 1. The highest BCUT2D eigenvalue weighted by Gasteiger charge is 2.26. The van der Waals surface area contributed by atoms with Crippen LogP contribution in [0.3, 0.4) is 0 Å². The highest BCUT2D eigenvalue weighted by atomic mass is 16.3. The summed E-state index contributed by atoms with van der Waals surface area (Å²) in [5.74, 6) is 0.450. The predicted molar refractivity (Wildman–Crippen MR) is 88.8 cm³/mol. The molecule has 2 amide bonds. The molecule has 0 unspecified atom stereocenters. The summed E-state index contributed by atoms with van der Waals surface area (Å²) in [5, 5.41) is 3.02. The van der Waals surface area contributed by atoms with Crippen molar-refractivity contribution in [2.24, 2.45) is 0 Å². The third-order valence-corrected chi connectivity index (χ3v) is 4.33. The van der Waals surface area contributed by atoms with E-state index in [0.717, 1.165) is 18.5 Å². The van der Waals surface area contributed by atoms with Gasteiger partial charge in [0, 0.05) is 24.8 Å². The van der Waals surface area contributed by atoms with Crippen LogP contribution in [0.5, 0.6) is 0 Å². The molecule has 0 atom stereocenters. The van der Waals surface area contributed by atoms with Crippen LogP contribution in [0.1, 0.15) is 45.1 Å². The van der Waals surface area contributed by atoms with Gasteiger partial charge in [0.25, 0.3) is 11.8 Å². The molecule has 0 spiro atoms. The van der Waals surface area contributed by atoms with Gasteiger partial charge in [-0.05, 0) is 44.9 Å². The average molecular weight is 327 g/mol. The van der Waals surface area contributed by atoms with Crippen LogP contribution in [0.15, 0.2) is 34.9 Å². The van der Waals surface area contributed by atoms with Crippen molar-refractivity contribution in [3.05, 3.63) is 53.2 Å². The highest BCUT2D eigenvalue weighted by Crippen LogP contribution is 2.15. The molecule has 3 heterocycles. The van der Waals surface area contributed by atoms with Crippen LogP contribution in [0, 0.1) is 13.8 Å². The lowest BCUT2D eigenvalue weighted by atomic mass is 10.0. The van der Waals surface area contributed by atoms with E-state index in [1.54, 1.807) is 24.0 Å². The van der Waals surface area contributed by atoms with Gasteiger partial charge in [-0.15, -0.1) is 0 Å². The van der Waals surface area contributed by atoms with Crippen molar-refractivity contribution < 1.29 is 14.0 Å². The Kier molecular flexibility index (Phi) is 4.64. The van der Waals surface area contributed by atoms with Gasteiger partial charge >= 0.3 is 0 Å². The smallest absolute Gasteiger partial charge is 0.272 e. The van der Waals surface area contributed by atoms with Crippen molar-refractivity contribution in [1.29, 1.82) is 0 Å². The minimum atomic E-state index is -0.119. The van der Waals surface area contributed by atoms with Gasteiger partial charge in [0.1, 0.15) is 11.5 Å². The van der Waals surface area contributed by atoms with Crippen LogP contribution < -0.4 is 5.32 Å². The monoisotopic (exact) mass is 327 g/mol. The summed E-state index contributed by atoms with van der Waals surface area (Å²) in [6.07, 6.45) is 2.99. The maximum atomic E-state index is 12.5. The fourth-order valence-corrected chi connectivity index (χ4v) is 2.93. The van der Waals surface area contributed by atoms with Gasteiger partial charge in [0.2, 0.25) is 0 Å². The van der Waals surface area contributed by atoms with Gasteiger partial charge in [0.05, 0.1) is 11.8 Å². The number of carbonyl (C=O) groups excluding carboxylic acids is 2. The second-order valence-corrected chi connectivity index (χ2v) is 6.09. The maximum Gasteiger partial charge on any atom is 0.272 e. The van der Waals surface area contributed by atoms with Crippen LogP contribution in [0.4, 0.5) is 0 Å². The zero-order valence-electron chi connectivity index (χ0n) is 13.9. The fourth-order valence-electron chi connectivity index (χ4n) is 2.93. The third kappa shape index (κ3) is 3.48. The molecule has 126 valence electrons. The molecule has 2 aromatic rings. The molecule has 1 N–H and O–H groups in total. The van der Waals surface area contributed by atoms with Crippen LogP contribution in [0.25, 0.3) is 0 Å². The number of nitrogens with zero attached hydrogens (tertiary/aromatic N) is 2. The molecule has 0 bridgehead atoms. The molecule has 0 aromatic carbocycles. The summed E-state index contributed by atoms with van der Waals surface area (Å²) in [6.45, 7) is 4.87. The first kappa shape index (κ1) is 16.2. The van der Waals surface area contributed by atoms with E-state index in [0.29, 0.717) is 30.1 Å². The first-order valence-corrected chi connectivity index (χ1v) is 8.12. The number of pyridine rings is 1. The minimum absolute atomic E-state index is 0.0471. The zero-order chi connectivity index (χ0) is 17.1. The Hall–Kier alpha value is -2.63. The van der Waals surface area contributed by atoms with Crippen LogP contribution in [-0.4, -0.2) is 40.8 Å². The van der Waals surface area contributed by atoms with Gasteiger partial charge in [-0.2, -0.15) is 0 Å². The van der Waals surface area contributed by atoms with Crippen molar-refractivity contribution >= 4 is 11.8 Å². The number of hydrogen-bond donors (Lipinski definition) is 1. The summed E-state index contributed by atoms with van der Waals surface area (Å²) in [6, 6.07) is 7.20. The maximum absolute atomic E-state index is 12.5. The molecule has 1 saturated heterocycles. The van der Waals surface area contributed by atoms with E-state index in [4.69, 9.17) is 4.42 Å². The van der Waals surface area contributed by atoms with Crippen molar-refractivity contribution in [2.45, 2.75) is 32.7 Å². The Morgan fingerprint density at radius 2 is 1.96 bits per heavy atom. The van der Waals surface area contributed by atoms with Crippen molar-refractivity contribution in [2.75, 3.05) is 13.1 Å². The number of hydrogen-bond acceptors (Lipinski definition) is 4. The lowest BCUT2D eigenvalue weighted by Gasteiger charge is -2.32. The Balaban J connectivity index is 1.55. The Labute approximate surface area is 140 Å². The number of piperidine rings is 1. The number of amides is 2. The second-order valence-electron chi connectivity index (χ2n) is 6.09. The SMILES string of the molecule is Cc1cccc(C(=O)N2CCC(NC(=O)c3ccoc3C)CC2)n1. The van der Waals surface area contributed by atoms with E-state index in [2.05, 4.69) is 10.3 Å². The van der Waals surface area contributed by atoms with E-state index < -0.39 is 0 Å². The Bertz CT molecular complexity index is 745. The molecule has 24 heavy (non-hydrogen) atoms. The quantitative estimate of drug-likeness (QED) is 0.939. The van der Waals surface area contributed by atoms with Gasteiger partial charge in [-0.25, -0.2) is 4.98 Å². The number of aryl methyl sites for hydroxylation is 2. The van der Waals surface area contributed by atoms with E-state index in [9.17, 15) is 9.59 Å². The van der Waals surface area contributed by atoms with Crippen LogP contribution in [0.2, 0.25) is 0 Å². The standard InChI is InChI=1S/C18H21N3O3/c1-12-4-3-5-16(19-12)18(23)21-9-6-14(7-10-21)20-17(22)15-8-11-24-13(15)2/h3-5,8,11,14H,6-7,9-10H2,1-2H3,(H,20,22). The van der Waals surface area contributed by atoms with Gasteiger partial charge in [-0.1, -0.05) is 6.07 Å². The van der Waals surface area contributed by atoms with E-state index >= 15 is 0 Å². The van der Waals surface area contributed by atoms with E-state index in [1.807, 2.05) is 19.1 Å². The number of rotatable bonds is 3. The van der Waals surface area contributed by atoms with Crippen molar-refractivity contribution in [3.8, 4) is 0 Å². The van der Waals surface area contributed by atoms with Gasteiger partial charge < -0.3 is 14.6 Å². The predicted octanol–water partition coefficient (Wildman–Crippen LogP) is 2.33. The normalized spacial score (nSPS) is 15.3. The van der Waals surface area contributed by atoms with Crippen molar-refractivity contribution in [1.82, 2.24) is 15.2 Å². The van der Waals surface area contributed by atoms with E-state index in [-0.39, 0.29) is 17.9 Å². The van der Waals surface area contributed by atoms with Crippen LogP contribution in [-0.2, 0) is 0 Å². The first-order valence-electron chi connectivity index (χ1n) is 8.12. The molecule has 1 fully saturated rings. The number of carbonyl (C=O) groups is 2. The molecule has 1 aliphatic rings. The van der Waals surface area contributed by atoms with Crippen LogP contribution >= 0.6 is 0 Å². The minimum Gasteiger partial charge on any atom is -0.469 e. The lowest BCUT2D eigenvalue weighted by molar-refractivity contribution is 0.0692. The van der Waals surface area contributed by atoms with Gasteiger partial charge in [0.15, 0.2) is 0 Å². The number of furan rings is 1. The summed E-state index contributed by atoms with van der Waals surface area (Å²) < 4.78 is 5.16. The molecule has 6 nitrogen and oxygen atoms in total. The molecule has 3 rings (SSSR count). The lowest BCUT2D eigenvalue weighted by Crippen LogP contribution is -2.46. The molecular weight excluding hydrogens is 306 g/mol. The Morgan fingerprint density at radius 1 is 1.21 bits per heavy atom. The molecule has 0 aliphatic carbocycles. The number of aromatic nitrogens is 1. The first-order chi connectivity index (χ1) is 11.5. The molecule has 0 radical (unpaired) electrons. The third-order valence-electron chi connectivity index (χ3n) is 4.33. The summed E-state index contributed by atoms with van der Waals surface area (Å²) in [4.78, 5) is 30.8. The van der Waals surface area contributed by atoms with Gasteiger partial charge in [-0.3, -0.25) is 9.59 Å². The summed E-state index contributed by atoms with van der Waals surface area (Å²) in [5.41, 5.74) is 1.88. The topological polar surface area (TPSA) is 75.4 Å². The molecular formula is C18H21N3O3. The van der Waals surface area contributed by atoms with E-state index in [1.165, 1.54) is 6.26 Å². The van der Waals surface area contributed by atoms with Crippen molar-refractivity contribution in [3.63, 3.8) is 0 Å². The zero-order valence-corrected chi connectivity index (χ0v) is 13.9. The molecule has 6 heteroatoms. The number of nitrogens with one attached hydrogen (secondary N) is 1. The summed E-state index contributed by atoms with van der Waals surface area (Å²) in [7, 11) is 0. The molecule has 1 aliphatic heterocycles. The molecule has 0 saturated carbocycles.